The average Bonchev–Trinajstić information content (AvgIpc) is 2.21. The predicted octanol–water partition coefficient (Wildman–Crippen LogP) is 0.831. The van der Waals surface area contributed by atoms with Crippen LogP contribution in [-0.2, 0) is 9.53 Å². The average molecular weight is 215 g/mol. The molecule has 1 rings (SSSR count). The molecule has 1 saturated carbocycles. The van der Waals surface area contributed by atoms with Crippen molar-refractivity contribution < 1.29 is 14.6 Å². The molecule has 1 aliphatic rings. The zero-order valence-corrected chi connectivity index (χ0v) is 9.53. The molecule has 15 heavy (non-hydrogen) atoms. The van der Waals surface area contributed by atoms with E-state index in [2.05, 4.69) is 5.32 Å². The van der Waals surface area contributed by atoms with E-state index >= 15 is 0 Å². The lowest BCUT2D eigenvalue weighted by Crippen LogP contribution is -2.48. The Kier molecular flexibility index (Phi) is 5.05. The van der Waals surface area contributed by atoms with Crippen LogP contribution in [0.3, 0.4) is 0 Å². The Bertz CT molecular complexity index is 208. The second-order valence-electron chi connectivity index (χ2n) is 4.06. The lowest BCUT2D eigenvalue weighted by atomic mass is 9.92. The van der Waals surface area contributed by atoms with Gasteiger partial charge in [-0.15, -0.1) is 0 Å². The summed E-state index contributed by atoms with van der Waals surface area (Å²) in [4.78, 5) is 11.6. The maximum Gasteiger partial charge on any atom is 0.249 e. The summed E-state index contributed by atoms with van der Waals surface area (Å²) < 4.78 is 5.19. The minimum atomic E-state index is -0.427. The number of hydrogen-bond acceptors (Lipinski definition) is 3. The lowest BCUT2D eigenvalue weighted by molar-refractivity contribution is -0.133. The van der Waals surface area contributed by atoms with E-state index in [1.54, 1.807) is 6.92 Å². The number of hydrogen-bond donors (Lipinski definition) is 2. The largest absolute Gasteiger partial charge is 0.391 e. The van der Waals surface area contributed by atoms with Gasteiger partial charge < -0.3 is 15.2 Å². The Morgan fingerprint density at radius 3 is 2.80 bits per heavy atom. The van der Waals surface area contributed by atoms with Crippen molar-refractivity contribution in [3.05, 3.63) is 0 Å². The smallest absolute Gasteiger partial charge is 0.249 e. The molecule has 2 N–H and O–H groups in total. The minimum absolute atomic E-state index is 0.0887. The highest BCUT2D eigenvalue weighted by molar-refractivity contribution is 5.80. The molecule has 1 amide bonds. The SMILES string of the molecule is CCOC(C)C(=O)NC1CCCCC1O. The summed E-state index contributed by atoms with van der Waals surface area (Å²) in [5.41, 5.74) is 0. The second kappa shape index (κ2) is 6.08. The first-order chi connectivity index (χ1) is 7.15. The van der Waals surface area contributed by atoms with Crippen molar-refractivity contribution in [3.63, 3.8) is 0 Å². The molecule has 0 aromatic heterocycles. The zero-order chi connectivity index (χ0) is 11.3. The van der Waals surface area contributed by atoms with E-state index in [0.29, 0.717) is 6.61 Å². The minimum Gasteiger partial charge on any atom is -0.391 e. The van der Waals surface area contributed by atoms with Gasteiger partial charge in [-0.25, -0.2) is 0 Å². The topological polar surface area (TPSA) is 58.6 Å². The van der Waals surface area contributed by atoms with Crippen LogP contribution in [0.25, 0.3) is 0 Å². The van der Waals surface area contributed by atoms with Crippen LogP contribution in [0, 0.1) is 0 Å². The quantitative estimate of drug-likeness (QED) is 0.730. The number of nitrogens with one attached hydrogen (secondary N) is 1. The Balaban J connectivity index is 2.35. The van der Waals surface area contributed by atoms with Crippen LogP contribution in [0.1, 0.15) is 39.5 Å². The standard InChI is InChI=1S/C11H21NO3/c1-3-15-8(2)11(14)12-9-6-4-5-7-10(9)13/h8-10,13H,3-7H2,1-2H3,(H,12,14). The molecular weight excluding hydrogens is 194 g/mol. The summed E-state index contributed by atoms with van der Waals surface area (Å²) in [6.07, 6.45) is 2.96. The third kappa shape index (κ3) is 3.80. The Morgan fingerprint density at radius 1 is 1.53 bits per heavy atom. The fraction of sp³-hybridized carbons (Fsp3) is 0.909. The van der Waals surface area contributed by atoms with Crippen molar-refractivity contribution in [1.82, 2.24) is 5.32 Å². The molecule has 1 aliphatic carbocycles. The number of rotatable bonds is 4. The van der Waals surface area contributed by atoms with Crippen LogP contribution in [0.2, 0.25) is 0 Å². The summed E-state index contributed by atoms with van der Waals surface area (Å²) in [6, 6.07) is -0.0887. The first kappa shape index (κ1) is 12.5. The van der Waals surface area contributed by atoms with E-state index in [4.69, 9.17) is 4.74 Å². The van der Waals surface area contributed by atoms with Crippen LogP contribution in [0.15, 0.2) is 0 Å². The van der Waals surface area contributed by atoms with Crippen LogP contribution >= 0.6 is 0 Å². The summed E-state index contributed by atoms with van der Waals surface area (Å²) >= 11 is 0. The molecule has 0 aliphatic heterocycles. The maximum atomic E-state index is 11.6. The molecule has 0 spiro atoms. The maximum absolute atomic E-state index is 11.6. The third-order valence-corrected chi connectivity index (χ3v) is 2.84. The van der Waals surface area contributed by atoms with Gasteiger partial charge in [0.2, 0.25) is 5.91 Å². The summed E-state index contributed by atoms with van der Waals surface area (Å²) in [6.45, 7) is 4.12. The molecule has 0 radical (unpaired) electrons. The van der Waals surface area contributed by atoms with Crippen LogP contribution in [0.4, 0.5) is 0 Å². The molecule has 0 aromatic rings. The van der Waals surface area contributed by atoms with E-state index in [0.717, 1.165) is 25.7 Å². The number of carbonyl (C=O) groups excluding carboxylic acids is 1. The van der Waals surface area contributed by atoms with Gasteiger partial charge in [0.25, 0.3) is 0 Å². The highest BCUT2D eigenvalue weighted by Gasteiger charge is 2.26. The third-order valence-electron chi connectivity index (χ3n) is 2.84. The van der Waals surface area contributed by atoms with Gasteiger partial charge in [0.15, 0.2) is 0 Å². The van der Waals surface area contributed by atoms with Gasteiger partial charge in [-0.2, -0.15) is 0 Å². The Labute approximate surface area is 91.0 Å². The molecule has 0 heterocycles. The number of amides is 1. The second-order valence-corrected chi connectivity index (χ2v) is 4.06. The first-order valence-electron chi connectivity index (χ1n) is 5.75. The monoisotopic (exact) mass is 215 g/mol. The molecule has 3 unspecified atom stereocenters. The van der Waals surface area contributed by atoms with Gasteiger partial charge in [0, 0.05) is 6.61 Å². The number of aliphatic hydroxyl groups is 1. The highest BCUT2D eigenvalue weighted by atomic mass is 16.5. The van der Waals surface area contributed by atoms with Gasteiger partial charge in [0.1, 0.15) is 6.10 Å². The molecule has 4 nitrogen and oxygen atoms in total. The Morgan fingerprint density at radius 2 is 2.20 bits per heavy atom. The van der Waals surface area contributed by atoms with Gasteiger partial charge in [-0.05, 0) is 26.7 Å². The van der Waals surface area contributed by atoms with E-state index in [1.165, 1.54) is 0 Å². The fourth-order valence-corrected chi connectivity index (χ4v) is 1.91. The summed E-state index contributed by atoms with van der Waals surface area (Å²) in [5, 5.41) is 12.5. The van der Waals surface area contributed by atoms with E-state index in [1.807, 2.05) is 6.92 Å². The van der Waals surface area contributed by atoms with E-state index in [-0.39, 0.29) is 11.9 Å². The first-order valence-corrected chi connectivity index (χ1v) is 5.75. The highest BCUT2D eigenvalue weighted by Crippen LogP contribution is 2.18. The molecule has 1 fully saturated rings. The summed E-state index contributed by atoms with van der Waals surface area (Å²) in [5.74, 6) is -0.122. The zero-order valence-electron chi connectivity index (χ0n) is 9.53. The number of carbonyl (C=O) groups is 1. The molecule has 88 valence electrons. The van der Waals surface area contributed by atoms with Crippen molar-refractivity contribution >= 4 is 5.91 Å². The van der Waals surface area contributed by atoms with Crippen molar-refractivity contribution in [1.29, 1.82) is 0 Å². The van der Waals surface area contributed by atoms with Crippen molar-refractivity contribution in [2.24, 2.45) is 0 Å². The molecule has 0 bridgehead atoms. The number of ether oxygens (including phenoxy) is 1. The molecule has 0 saturated heterocycles. The Hall–Kier alpha value is -0.610. The van der Waals surface area contributed by atoms with Crippen LogP contribution < -0.4 is 5.32 Å². The molecule has 3 atom stereocenters. The normalized spacial score (nSPS) is 28.5. The van der Waals surface area contributed by atoms with Crippen LogP contribution in [0.5, 0.6) is 0 Å². The van der Waals surface area contributed by atoms with Crippen LogP contribution in [-0.4, -0.2) is 35.9 Å². The number of aliphatic hydroxyl groups excluding tert-OH is 1. The fourth-order valence-electron chi connectivity index (χ4n) is 1.91. The van der Waals surface area contributed by atoms with Gasteiger partial charge in [0.05, 0.1) is 12.1 Å². The van der Waals surface area contributed by atoms with Crippen molar-refractivity contribution in [2.45, 2.75) is 57.8 Å². The lowest BCUT2D eigenvalue weighted by Gasteiger charge is -2.29. The van der Waals surface area contributed by atoms with Gasteiger partial charge in [-0.3, -0.25) is 4.79 Å². The van der Waals surface area contributed by atoms with Gasteiger partial charge >= 0.3 is 0 Å². The van der Waals surface area contributed by atoms with Crippen molar-refractivity contribution in [3.8, 4) is 0 Å². The molecule has 4 heteroatoms. The van der Waals surface area contributed by atoms with Crippen molar-refractivity contribution in [2.75, 3.05) is 6.61 Å². The van der Waals surface area contributed by atoms with E-state index < -0.39 is 12.2 Å². The molecular formula is C11H21NO3. The molecule has 0 aromatic carbocycles. The predicted molar refractivity (Wildman–Crippen MR) is 57.5 cm³/mol. The van der Waals surface area contributed by atoms with E-state index in [9.17, 15) is 9.90 Å². The summed E-state index contributed by atoms with van der Waals surface area (Å²) in [7, 11) is 0. The van der Waals surface area contributed by atoms with Gasteiger partial charge in [-0.1, -0.05) is 12.8 Å².